The summed E-state index contributed by atoms with van der Waals surface area (Å²) in [5.74, 6) is 0. The quantitative estimate of drug-likeness (QED) is 0.566. The molecule has 0 bridgehead atoms. The Morgan fingerprint density at radius 2 is 2.13 bits per heavy atom. The van der Waals surface area contributed by atoms with Crippen molar-refractivity contribution in [3.8, 4) is 6.07 Å². The second-order valence-corrected chi connectivity index (χ2v) is 3.50. The van der Waals surface area contributed by atoms with E-state index in [1.54, 1.807) is 4.90 Å². The largest absolute Gasteiger partial charge is 0.379 e. The summed E-state index contributed by atoms with van der Waals surface area (Å²) in [4.78, 5) is 14.6. The van der Waals surface area contributed by atoms with Crippen LogP contribution < -0.4 is 0 Å². The highest BCUT2D eigenvalue weighted by molar-refractivity contribution is 5.46. The van der Waals surface area contributed by atoms with Crippen molar-refractivity contribution in [1.29, 1.82) is 5.26 Å². The molecule has 0 aromatic carbocycles. The fourth-order valence-corrected chi connectivity index (χ4v) is 1.51. The fraction of sp³-hybridized carbons (Fsp3) is 0.800. The number of morpholine rings is 1. The van der Waals surface area contributed by atoms with Gasteiger partial charge < -0.3 is 9.64 Å². The predicted molar refractivity (Wildman–Crippen MR) is 55.1 cm³/mol. The maximum atomic E-state index is 10.7. The molecule has 84 valence electrons. The summed E-state index contributed by atoms with van der Waals surface area (Å²) in [5, 5.41) is 8.41. The van der Waals surface area contributed by atoms with Gasteiger partial charge >= 0.3 is 0 Å². The van der Waals surface area contributed by atoms with Crippen molar-refractivity contribution in [2.45, 2.75) is 6.42 Å². The molecule has 1 rings (SSSR count). The molecule has 5 heteroatoms. The molecule has 0 aromatic heterocycles. The Labute approximate surface area is 90.2 Å². The zero-order valence-corrected chi connectivity index (χ0v) is 8.89. The van der Waals surface area contributed by atoms with Crippen LogP contribution in [-0.2, 0) is 9.53 Å². The first kappa shape index (κ1) is 12.0. The van der Waals surface area contributed by atoms with E-state index < -0.39 is 0 Å². The molecule has 5 nitrogen and oxygen atoms in total. The summed E-state index contributed by atoms with van der Waals surface area (Å²) in [6.45, 7) is 5.53. The highest BCUT2D eigenvalue weighted by atomic mass is 16.5. The highest BCUT2D eigenvalue weighted by Gasteiger charge is 2.11. The van der Waals surface area contributed by atoms with Gasteiger partial charge in [0.05, 0.1) is 25.7 Å². The summed E-state index contributed by atoms with van der Waals surface area (Å²) in [7, 11) is 0. The normalized spacial score (nSPS) is 17.0. The van der Waals surface area contributed by atoms with E-state index in [0.29, 0.717) is 19.5 Å². The van der Waals surface area contributed by atoms with Crippen LogP contribution in [0.25, 0.3) is 0 Å². The van der Waals surface area contributed by atoms with Gasteiger partial charge in [-0.2, -0.15) is 5.26 Å². The van der Waals surface area contributed by atoms with E-state index >= 15 is 0 Å². The molecular weight excluding hydrogens is 194 g/mol. The summed E-state index contributed by atoms with van der Waals surface area (Å²) < 4.78 is 5.23. The molecule has 1 aliphatic rings. The summed E-state index contributed by atoms with van der Waals surface area (Å²) in [5.41, 5.74) is 0. The lowest BCUT2D eigenvalue weighted by Gasteiger charge is -2.28. The number of rotatable bonds is 6. The number of carbonyl (C=O) groups is 1. The van der Waals surface area contributed by atoms with E-state index in [0.717, 1.165) is 39.3 Å². The second kappa shape index (κ2) is 7.21. The van der Waals surface area contributed by atoms with Crippen LogP contribution >= 0.6 is 0 Å². The minimum atomic E-state index is 0.405. The Hall–Kier alpha value is -1.12. The van der Waals surface area contributed by atoms with Gasteiger partial charge in [-0.05, 0) is 0 Å². The lowest BCUT2D eigenvalue weighted by Crippen LogP contribution is -2.41. The van der Waals surface area contributed by atoms with Gasteiger partial charge in [0.2, 0.25) is 6.41 Å². The fourth-order valence-electron chi connectivity index (χ4n) is 1.51. The third kappa shape index (κ3) is 4.77. The van der Waals surface area contributed by atoms with Crippen molar-refractivity contribution >= 4 is 6.41 Å². The van der Waals surface area contributed by atoms with Gasteiger partial charge in [-0.3, -0.25) is 9.69 Å². The van der Waals surface area contributed by atoms with Crippen LogP contribution in [0.4, 0.5) is 0 Å². The molecule has 0 radical (unpaired) electrons. The van der Waals surface area contributed by atoms with E-state index in [1.165, 1.54) is 0 Å². The molecule has 1 saturated heterocycles. The number of nitrogens with zero attached hydrogens (tertiary/aromatic N) is 3. The Morgan fingerprint density at radius 3 is 2.73 bits per heavy atom. The van der Waals surface area contributed by atoms with Crippen LogP contribution in [0, 0.1) is 11.3 Å². The standard InChI is InChI=1S/C10H17N3O2/c11-2-1-3-13(10-14)5-4-12-6-8-15-9-7-12/h10H,1,3-9H2. The molecule has 1 amide bonds. The summed E-state index contributed by atoms with van der Waals surface area (Å²) >= 11 is 0. The number of hydrogen-bond acceptors (Lipinski definition) is 4. The van der Waals surface area contributed by atoms with Crippen LogP contribution in [0.2, 0.25) is 0 Å². The van der Waals surface area contributed by atoms with E-state index in [9.17, 15) is 4.79 Å². The van der Waals surface area contributed by atoms with Gasteiger partial charge in [0, 0.05) is 32.7 Å². The summed E-state index contributed by atoms with van der Waals surface area (Å²) in [6, 6.07) is 2.04. The van der Waals surface area contributed by atoms with Crippen LogP contribution in [0.15, 0.2) is 0 Å². The minimum Gasteiger partial charge on any atom is -0.379 e. The van der Waals surface area contributed by atoms with Gasteiger partial charge in [-0.1, -0.05) is 0 Å². The number of ether oxygens (including phenoxy) is 1. The van der Waals surface area contributed by atoms with Crippen molar-refractivity contribution < 1.29 is 9.53 Å². The van der Waals surface area contributed by atoms with Crippen molar-refractivity contribution in [3.05, 3.63) is 0 Å². The van der Waals surface area contributed by atoms with Crippen molar-refractivity contribution in [2.24, 2.45) is 0 Å². The number of carbonyl (C=O) groups excluding carboxylic acids is 1. The molecule has 15 heavy (non-hydrogen) atoms. The van der Waals surface area contributed by atoms with Crippen molar-refractivity contribution in [2.75, 3.05) is 45.9 Å². The molecule has 0 aliphatic carbocycles. The monoisotopic (exact) mass is 211 g/mol. The van der Waals surface area contributed by atoms with Crippen LogP contribution in [0.3, 0.4) is 0 Å². The first-order valence-electron chi connectivity index (χ1n) is 5.23. The zero-order valence-electron chi connectivity index (χ0n) is 8.89. The highest BCUT2D eigenvalue weighted by Crippen LogP contribution is 1.97. The predicted octanol–water partition coefficient (Wildman–Crippen LogP) is -0.309. The topological polar surface area (TPSA) is 56.6 Å². The van der Waals surface area contributed by atoms with Crippen LogP contribution in [0.1, 0.15) is 6.42 Å². The van der Waals surface area contributed by atoms with Crippen molar-refractivity contribution in [3.63, 3.8) is 0 Å². The molecule has 0 unspecified atom stereocenters. The lowest BCUT2D eigenvalue weighted by atomic mass is 10.3. The van der Waals surface area contributed by atoms with Gasteiger partial charge in [-0.15, -0.1) is 0 Å². The number of nitriles is 1. The minimum absolute atomic E-state index is 0.405. The average molecular weight is 211 g/mol. The van der Waals surface area contributed by atoms with Gasteiger partial charge in [-0.25, -0.2) is 0 Å². The van der Waals surface area contributed by atoms with Gasteiger partial charge in [0.25, 0.3) is 0 Å². The molecule has 0 aromatic rings. The average Bonchev–Trinajstić information content (AvgIpc) is 2.31. The summed E-state index contributed by atoms with van der Waals surface area (Å²) in [6.07, 6.45) is 1.22. The molecule has 0 atom stereocenters. The molecule has 0 N–H and O–H groups in total. The smallest absolute Gasteiger partial charge is 0.209 e. The van der Waals surface area contributed by atoms with Crippen molar-refractivity contribution in [1.82, 2.24) is 9.80 Å². The molecule has 1 aliphatic heterocycles. The van der Waals surface area contributed by atoms with E-state index in [4.69, 9.17) is 10.00 Å². The molecule has 0 spiro atoms. The van der Waals surface area contributed by atoms with E-state index in [1.807, 2.05) is 6.07 Å². The Bertz CT molecular complexity index is 221. The van der Waals surface area contributed by atoms with E-state index in [-0.39, 0.29) is 0 Å². The maximum Gasteiger partial charge on any atom is 0.209 e. The van der Waals surface area contributed by atoms with E-state index in [2.05, 4.69) is 4.90 Å². The van der Waals surface area contributed by atoms with Gasteiger partial charge in [0.15, 0.2) is 0 Å². The third-order valence-electron chi connectivity index (χ3n) is 2.47. The van der Waals surface area contributed by atoms with Crippen LogP contribution in [0.5, 0.6) is 0 Å². The Balaban J connectivity index is 2.15. The first-order valence-corrected chi connectivity index (χ1v) is 5.23. The Kier molecular flexibility index (Phi) is 5.74. The number of amides is 1. The third-order valence-corrected chi connectivity index (χ3v) is 2.47. The molecule has 0 saturated carbocycles. The first-order chi connectivity index (χ1) is 7.36. The zero-order chi connectivity index (χ0) is 10.9. The molecule has 1 heterocycles. The maximum absolute atomic E-state index is 10.7. The lowest BCUT2D eigenvalue weighted by molar-refractivity contribution is -0.118. The molecular formula is C10H17N3O2. The molecule has 1 fully saturated rings. The van der Waals surface area contributed by atoms with Gasteiger partial charge in [0.1, 0.15) is 0 Å². The Morgan fingerprint density at radius 1 is 1.40 bits per heavy atom. The van der Waals surface area contributed by atoms with Crippen LogP contribution in [-0.4, -0.2) is 62.1 Å². The number of hydrogen-bond donors (Lipinski definition) is 0. The second-order valence-electron chi connectivity index (χ2n) is 3.50. The SMILES string of the molecule is N#CCCN(C=O)CCN1CCOCC1.